The normalized spacial score (nSPS) is 17.1. The topological polar surface area (TPSA) is 30.3 Å². The minimum Gasteiger partial charge on any atom is -0.368 e. The van der Waals surface area contributed by atoms with E-state index in [1.807, 2.05) is 24.3 Å². The molecule has 1 aliphatic rings. The van der Waals surface area contributed by atoms with E-state index >= 15 is 0 Å². The first-order chi connectivity index (χ1) is 7.81. The first-order valence-corrected chi connectivity index (χ1v) is 5.78. The quantitative estimate of drug-likeness (QED) is 0.735. The zero-order chi connectivity index (χ0) is 11.4. The van der Waals surface area contributed by atoms with Gasteiger partial charge in [-0.05, 0) is 12.1 Å². The first kappa shape index (κ1) is 11.3. The lowest BCUT2D eigenvalue weighted by atomic mass is 10.2. The van der Waals surface area contributed by atoms with Gasteiger partial charge in [0.15, 0.2) is 0 Å². The monoisotopic (exact) mass is 235 g/mol. The zero-order valence-electron chi connectivity index (χ0n) is 9.06. The van der Waals surface area contributed by atoms with Crippen molar-refractivity contribution in [1.29, 1.82) is 5.26 Å². The number of benzene rings is 1. The third-order valence-electron chi connectivity index (χ3n) is 2.86. The van der Waals surface area contributed by atoms with Crippen LogP contribution in [0.5, 0.6) is 0 Å². The molecule has 4 heteroatoms. The van der Waals surface area contributed by atoms with Crippen LogP contribution >= 0.6 is 11.6 Å². The van der Waals surface area contributed by atoms with Gasteiger partial charge in [0.05, 0.1) is 23.3 Å². The fourth-order valence-corrected chi connectivity index (χ4v) is 2.21. The number of halogens is 1. The van der Waals surface area contributed by atoms with Crippen molar-refractivity contribution in [1.82, 2.24) is 4.90 Å². The van der Waals surface area contributed by atoms with Gasteiger partial charge >= 0.3 is 0 Å². The standard InChI is InChI=1S/C12H14ClN3/c13-11-3-1-2-4-12(11)16-9-7-15(6-5-14)8-10-16/h1-4H,6-10H2. The van der Waals surface area contributed by atoms with Crippen LogP contribution < -0.4 is 4.90 Å². The highest BCUT2D eigenvalue weighted by atomic mass is 35.5. The minimum atomic E-state index is 0.524. The van der Waals surface area contributed by atoms with Crippen LogP contribution in [-0.2, 0) is 0 Å². The first-order valence-electron chi connectivity index (χ1n) is 5.40. The van der Waals surface area contributed by atoms with Gasteiger partial charge < -0.3 is 4.90 Å². The van der Waals surface area contributed by atoms with Crippen LogP contribution in [0.1, 0.15) is 0 Å². The number of anilines is 1. The van der Waals surface area contributed by atoms with E-state index in [1.165, 1.54) is 0 Å². The van der Waals surface area contributed by atoms with Gasteiger partial charge in [-0.15, -0.1) is 0 Å². The van der Waals surface area contributed by atoms with Crippen molar-refractivity contribution < 1.29 is 0 Å². The van der Waals surface area contributed by atoms with Crippen molar-refractivity contribution in [3.63, 3.8) is 0 Å². The van der Waals surface area contributed by atoms with Crippen molar-refractivity contribution in [2.24, 2.45) is 0 Å². The molecule has 0 saturated carbocycles. The van der Waals surface area contributed by atoms with E-state index < -0.39 is 0 Å². The number of rotatable bonds is 2. The fourth-order valence-electron chi connectivity index (χ4n) is 1.96. The second-order valence-corrected chi connectivity index (χ2v) is 4.28. The van der Waals surface area contributed by atoms with Gasteiger partial charge in [0.1, 0.15) is 0 Å². The van der Waals surface area contributed by atoms with Crippen molar-refractivity contribution >= 4 is 17.3 Å². The number of nitrogens with zero attached hydrogens (tertiary/aromatic N) is 3. The summed E-state index contributed by atoms with van der Waals surface area (Å²) in [5, 5.41) is 9.42. The van der Waals surface area contributed by atoms with Crippen LogP contribution in [0.4, 0.5) is 5.69 Å². The maximum atomic E-state index is 8.62. The molecule has 84 valence electrons. The van der Waals surface area contributed by atoms with Gasteiger partial charge in [0.2, 0.25) is 0 Å². The summed E-state index contributed by atoms with van der Waals surface area (Å²) in [6.45, 7) is 4.25. The number of hydrogen-bond donors (Lipinski definition) is 0. The number of hydrogen-bond acceptors (Lipinski definition) is 3. The van der Waals surface area contributed by atoms with Gasteiger partial charge in [-0.1, -0.05) is 23.7 Å². The Morgan fingerprint density at radius 3 is 2.50 bits per heavy atom. The predicted octanol–water partition coefficient (Wildman–Crippen LogP) is 1.99. The van der Waals surface area contributed by atoms with Crippen LogP contribution in [0.15, 0.2) is 24.3 Å². The molecule has 0 aromatic heterocycles. The molecule has 0 radical (unpaired) electrons. The van der Waals surface area contributed by atoms with Gasteiger partial charge in [0, 0.05) is 26.2 Å². The SMILES string of the molecule is N#CCN1CCN(c2ccccc2Cl)CC1. The molecular weight excluding hydrogens is 222 g/mol. The average molecular weight is 236 g/mol. The maximum absolute atomic E-state index is 8.62. The highest BCUT2D eigenvalue weighted by molar-refractivity contribution is 6.33. The summed E-state index contributed by atoms with van der Waals surface area (Å²) in [7, 11) is 0. The van der Waals surface area contributed by atoms with Gasteiger partial charge in [0.25, 0.3) is 0 Å². The molecular formula is C12H14ClN3. The Morgan fingerprint density at radius 1 is 1.19 bits per heavy atom. The number of para-hydroxylation sites is 1. The Labute approximate surface area is 101 Å². The lowest BCUT2D eigenvalue weighted by Gasteiger charge is -2.35. The van der Waals surface area contributed by atoms with Crippen molar-refractivity contribution in [3.05, 3.63) is 29.3 Å². The zero-order valence-corrected chi connectivity index (χ0v) is 9.82. The van der Waals surface area contributed by atoms with E-state index in [2.05, 4.69) is 15.9 Å². The Morgan fingerprint density at radius 2 is 1.88 bits per heavy atom. The molecule has 1 saturated heterocycles. The number of nitriles is 1. The van der Waals surface area contributed by atoms with Crippen LogP contribution in [0.25, 0.3) is 0 Å². The average Bonchev–Trinajstić information content (AvgIpc) is 2.31. The van der Waals surface area contributed by atoms with E-state index in [9.17, 15) is 0 Å². The molecule has 3 nitrogen and oxygen atoms in total. The predicted molar refractivity (Wildman–Crippen MR) is 65.7 cm³/mol. The van der Waals surface area contributed by atoms with E-state index in [0.29, 0.717) is 6.54 Å². The summed E-state index contributed by atoms with van der Waals surface area (Å²) in [6.07, 6.45) is 0. The third kappa shape index (κ3) is 2.46. The van der Waals surface area contributed by atoms with Crippen molar-refractivity contribution in [3.8, 4) is 6.07 Å². The van der Waals surface area contributed by atoms with Gasteiger partial charge in [-0.2, -0.15) is 5.26 Å². The molecule has 1 fully saturated rings. The maximum Gasteiger partial charge on any atom is 0.0867 e. The van der Waals surface area contributed by atoms with Crippen molar-refractivity contribution in [2.45, 2.75) is 0 Å². The largest absolute Gasteiger partial charge is 0.368 e. The third-order valence-corrected chi connectivity index (χ3v) is 3.18. The molecule has 0 bridgehead atoms. The summed E-state index contributed by atoms with van der Waals surface area (Å²) in [5.74, 6) is 0. The molecule has 1 aliphatic heterocycles. The van der Waals surface area contributed by atoms with E-state index in [-0.39, 0.29) is 0 Å². The van der Waals surface area contributed by atoms with E-state index in [1.54, 1.807) is 0 Å². The summed E-state index contributed by atoms with van der Waals surface area (Å²) in [6, 6.07) is 10.1. The molecule has 2 rings (SSSR count). The fraction of sp³-hybridized carbons (Fsp3) is 0.417. The van der Waals surface area contributed by atoms with E-state index in [0.717, 1.165) is 36.9 Å². The van der Waals surface area contributed by atoms with Crippen LogP contribution in [0.2, 0.25) is 5.02 Å². The summed E-state index contributed by atoms with van der Waals surface area (Å²) in [4.78, 5) is 4.43. The Kier molecular flexibility index (Phi) is 3.66. The number of piperazine rings is 1. The molecule has 0 atom stereocenters. The molecule has 1 aromatic rings. The van der Waals surface area contributed by atoms with Crippen LogP contribution in [0, 0.1) is 11.3 Å². The van der Waals surface area contributed by atoms with Gasteiger partial charge in [-0.25, -0.2) is 0 Å². The summed E-state index contributed by atoms with van der Waals surface area (Å²) >= 11 is 6.15. The Bertz CT molecular complexity index is 391. The molecule has 1 aromatic carbocycles. The highest BCUT2D eigenvalue weighted by Gasteiger charge is 2.17. The second kappa shape index (κ2) is 5.20. The molecule has 0 aliphatic carbocycles. The molecule has 1 heterocycles. The lowest BCUT2D eigenvalue weighted by molar-refractivity contribution is 0.287. The summed E-state index contributed by atoms with van der Waals surface area (Å²) in [5.41, 5.74) is 1.10. The van der Waals surface area contributed by atoms with E-state index in [4.69, 9.17) is 16.9 Å². The highest BCUT2D eigenvalue weighted by Crippen LogP contribution is 2.25. The smallest absolute Gasteiger partial charge is 0.0867 e. The molecule has 0 unspecified atom stereocenters. The Balaban J connectivity index is 2.00. The molecule has 0 spiro atoms. The molecule has 0 amide bonds. The molecule has 16 heavy (non-hydrogen) atoms. The second-order valence-electron chi connectivity index (χ2n) is 3.87. The lowest BCUT2D eigenvalue weighted by Crippen LogP contribution is -2.46. The van der Waals surface area contributed by atoms with Crippen LogP contribution in [0.3, 0.4) is 0 Å². The summed E-state index contributed by atoms with van der Waals surface area (Å²) < 4.78 is 0. The van der Waals surface area contributed by atoms with Crippen LogP contribution in [-0.4, -0.2) is 37.6 Å². The minimum absolute atomic E-state index is 0.524. The van der Waals surface area contributed by atoms with Gasteiger partial charge in [-0.3, -0.25) is 4.90 Å². The molecule has 0 N–H and O–H groups in total. The Hall–Kier alpha value is -1.24. The van der Waals surface area contributed by atoms with Crippen molar-refractivity contribution in [2.75, 3.05) is 37.6 Å².